The number of esters is 1. The molecule has 0 saturated carbocycles. The molecule has 2 aliphatic rings. The topological polar surface area (TPSA) is 57.3 Å². The Morgan fingerprint density at radius 2 is 1.95 bits per heavy atom. The van der Waals surface area contributed by atoms with Gasteiger partial charge in [0.25, 0.3) is 0 Å². The number of methoxy groups -OCH3 is 1. The third kappa shape index (κ3) is 2.49. The molecule has 2 fully saturated rings. The van der Waals surface area contributed by atoms with Gasteiger partial charge in [-0.3, -0.25) is 0 Å². The normalized spacial score (nSPS) is 31.9. The third-order valence-corrected chi connectivity index (χ3v) is 3.40. The van der Waals surface area contributed by atoms with Crippen LogP contribution in [0.25, 0.3) is 0 Å². The Kier molecular flexibility index (Phi) is 3.26. The molecule has 0 aliphatic carbocycles. The molecule has 0 radical (unpaired) electrons. The second kappa shape index (κ2) is 4.92. The van der Waals surface area contributed by atoms with Gasteiger partial charge < -0.3 is 18.9 Å². The zero-order valence-electron chi connectivity index (χ0n) is 10.9. The summed E-state index contributed by atoms with van der Waals surface area (Å²) in [5, 5.41) is 0. The second-order valence-corrected chi connectivity index (χ2v) is 4.81. The van der Waals surface area contributed by atoms with E-state index in [4.69, 9.17) is 18.9 Å². The molecule has 3 rings (SSSR count). The quantitative estimate of drug-likeness (QED) is 0.606. The van der Waals surface area contributed by atoms with Crippen LogP contribution in [0.2, 0.25) is 0 Å². The van der Waals surface area contributed by atoms with Crippen molar-refractivity contribution in [2.45, 2.75) is 31.5 Å². The van der Waals surface area contributed by atoms with E-state index in [9.17, 15) is 4.79 Å². The van der Waals surface area contributed by atoms with Crippen LogP contribution in [0, 0.1) is 6.92 Å². The van der Waals surface area contributed by atoms with Crippen LogP contribution in [0.5, 0.6) is 0 Å². The molecular weight excluding hydrogens is 248 g/mol. The summed E-state index contributed by atoms with van der Waals surface area (Å²) in [5.74, 6) is -0.346. The van der Waals surface area contributed by atoms with Gasteiger partial charge in [0.15, 0.2) is 6.29 Å². The predicted octanol–water partition coefficient (Wildman–Crippen LogP) is 1.29. The summed E-state index contributed by atoms with van der Waals surface area (Å²) >= 11 is 0. The number of epoxide rings is 1. The lowest BCUT2D eigenvalue weighted by Crippen LogP contribution is -2.26. The first-order valence-corrected chi connectivity index (χ1v) is 6.26. The smallest absolute Gasteiger partial charge is 0.338 e. The summed E-state index contributed by atoms with van der Waals surface area (Å²) in [6.45, 7) is 2.16. The molecule has 102 valence electrons. The molecule has 0 bridgehead atoms. The average molecular weight is 264 g/mol. The maximum Gasteiger partial charge on any atom is 0.338 e. The lowest BCUT2D eigenvalue weighted by atomic mass is 10.1. The van der Waals surface area contributed by atoms with Crippen LogP contribution in [0.1, 0.15) is 15.9 Å². The van der Waals surface area contributed by atoms with Crippen molar-refractivity contribution in [3.63, 3.8) is 0 Å². The molecular formula is C14H16O5. The molecule has 2 saturated heterocycles. The third-order valence-electron chi connectivity index (χ3n) is 3.40. The standard InChI is InChI=1S/C14H16O5/c1-8-3-5-9(6-4-8)13(15)17-7-10-11-12(19-11)14(16-2)18-10/h3-6,10-12,14H,7H2,1-2H3/t10-,11+,12-,14-/m1/s1. The predicted molar refractivity (Wildman–Crippen MR) is 65.8 cm³/mol. The van der Waals surface area contributed by atoms with Gasteiger partial charge in [-0.05, 0) is 19.1 Å². The highest BCUT2D eigenvalue weighted by atomic mass is 16.8. The Morgan fingerprint density at radius 3 is 2.58 bits per heavy atom. The number of carbonyl (C=O) groups excluding carboxylic acids is 1. The van der Waals surface area contributed by atoms with Gasteiger partial charge in [-0.25, -0.2) is 4.79 Å². The number of benzene rings is 1. The Hall–Kier alpha value is -1.43. The van der Waals surface area contributed by atoms with E-state index in [0.29, 0.717) is 5.56 Å². The van der Waals surface area contributed by atoms with Crippen molar-refractivity contribution in [2.75, 3.05) is 13.7 Å². The Labute approximate surface area is 111 Å². The second-order valence-electron chi connectivity index (χ2n) is 4.81. The van der Waals surface area contributed by atoms with E-state index in [1.807, 2.05) is 19.1 Å². The number of fused-ring (bicyclic) bond motifs is 1. The molecule has 1 aromatic carbocycles. The minimum Gasteiger partial charge on any atom is -0.459 e. The van der Waals surface area contributed by atoms with Gasteiger partial charge in [0, 0.05) is 7.11 Å². The summed E-state index contributed by atoms with van der Waals surface area (Å²) in [4.78, 5) is 11.8. The van der Waals surface area contributed by atoms with Crippen molar-refractivity contribution in [2.24, 2.45) is 0 Å². The lowest BCUT2D eigenvalue weighted by molar-refractivity contribution is -0.166. The van der Waals surface area contributed by atoms with E-state index in [1.54, 1.807) is 19.2 Å². The largest absolute Gasteiger partial charge is 0.459 e. The van der Waals surface area contributed by atoms with Crippen LogP contribution >= 0.6 is 0 Å². The molecule has 0 spiro atoms. The zero-order valence-corrected chi connectivity index (χ0v) is 10.9. The Morgan fingerprint density at radius 1 is 1.21 bits per heavy atom. The molecule has 0 amide bonds. The van der Waals surface area contributed by atoms with Gasteiger partial charge >= 0.3 is 5.97 Å². The van der Waals surface area contributed by atoms with Crippen LogP contribution in [0.3, 0.4) is 0 Å². The first kappa shape index (κ1) is 12.6. The van der Waals surface area contributed by atoms with Crippen LogP contribution in [0.15, 0.2) is 24.3 Å². The van der Waals surface area contributed by atoms with E-state index in [0.717, 1.165) is 5.56 Å². The fourth-order valence-corrected chi connectivity index (χ4v) is 2.24. The maximum atomic E-state index is 11.8. The molecule has 5 heteroatoms. The van der Waals surface area contributed by atoms with Gasteiger partial charge in [0.2, 0.25) is 0 Å². The van der Waals surface area contributed by atoms with Crippen molar-refractivity contribution in [1.82, 2.24) is 0 Å². The fourth-order valence-electron chi connectivity index (χ4n) is 2.24. The highest BCUT2D eigenvalue weighted by molar-refractivity contribution is 5.89. The van der Waals surface area contributed by atoms with Crippen molar-refractivity contribution in [3.05, 3.63) is 35.4 Å². The van der Waals surface area contributed by atoms with Crippen LogP contribution in [-0.2, 0) is 18.9 Å². The molecule has 19 heavy (non-hydrogen) atoms. The number of carbonyl (C=O) groups is 1. The van der Waals surface area contributed by atoms with E-state index in [-0.39, 0.29) is 37.2 Å². The number of hydrogen-bond acceptors (Lipinski definition) is 5. The van der Waals surface area contributed by atoms with Gasteiger partial charge in [-0.2, -0.15) is 0 Å². The summed E-state index contributed by atoms with van der Waals surface area (Å²) in [6, 6.07) is 7.26. The zero-order chi connectivity index (χ0) is 13.4. The monoisotopic (exact) mass is 264 g/mol. The van der Waals surface area contributed by atoms with E-state index >= 15 is 0 Å². The van der Waals surface area contributed by atoms with Crippen molar-refractivity contribution < 1.29 is 23.7 Å². The first-order valence-electron chi connectivity index (χ1n) is 6.26. The summed E-state index contributed by atoms with van der Waals surface area (Å²) < 4.78 is 21.3. The molecule has 4 atom stereocenters. The molecule has 0 aromatic heterocycles. The summed E-state index contributed by atoms with van der Waals surface area (Å²) in [6.07, 6.45) is -0.582. The molecule has 2 aliphatic heterocycles. The molecule has 0 unspecified atom stereocenters. The Bertz CT molecular complexity index is 469. The molecule has 2 heterocycles. The number of aryl methyl sites for hydroxylation is 1. The summed E-state index contributed by atoms with van der Waals surface area (Å²) in [5.41, 5.74) is 1.65. The minimum atomic E-state index is -0.346. The minimum absolute atomic E-state index is 0.00392. The van der Waals surface area contributed by atoms with Gasteiger partial charge in [0.1, 0.15) is 24.9 Å². The van der Waals surface area contributed by atoms with Crippen LogP contribution in [-0.4, -0.2) is 44.3 Å². The van der Waals surface area contributed by atoms with E-state index < -0.39 is 0 Å². The Balaban J connectivity index is 1.53. The van der Waals surface area contributed by atoms with Crippen LogP contribution in [0.4, 0.5) is 0 Å². The number of ether oxygens (including phenoxy) is 4. The highest BCUT2D eigenvalue weighted by Gasteiger charge is 2.58. The van der Waals surface area contributed by atoms with Crippen molar-refractivity contribution in [3.8, 4) is 0 Å². The highest BCUT2D eigenvalue weighted by Crippen LogP contribution is 2.39. The fraction of sp³-hybridized carbons (Fsp3) is 0.500. The van der Waals surface area contributed by atoms with Crippen LogP contribution < -0.4 is 0 Å². The number of rotatable bonds is 4. The van der Waals surface area contributed by atoms with Crippen molar-refractivity contribution in [1.29, 1.82) is 0 Å². The molecule has 5 nitrogen and oxygen atoms in total. The summed E-state index contributed by atoms with van der Waals surface area (Å²) in [7, 11) is 1.57. The maximum absolute atomic E-state index is 11.8. The van der Waals surface area contributed by atoms with E-state index in [1.165, 1.54) is 0 Å². The molecule has 0 N–H and O–H groups in total. The van der Waals surface area contributed by atoms with E-state index in [2.05, 4.69) is 0 Å². The van der Waals surface area contributed by atoms with Gasteiger partial charge in [0.05, 0.1) is 5.56 Å². The van der Waals surface area contributed by atoms with Crippen molar-refractivity contribution >= 4 is 5.97 Å². The first-order chi connectivity index (χ1) is 9.19. The van der Waals surface area contributed by atoms with Gasteiger partial charge in [-0.1, -0.05) is 17.7 Å². The SMILES string of the molecule is CO[C@@H]1O[C@H](COC(=O)c2ccc(C)cc2)[C@@H]2O[C@@H]12. The lowest BCUT2D eigenvalue weighted by Gasteiger charge is -2.16. The number of hydrogen-bond donors (Lipinski definition) is 0. The van der Waals surface area contributed by atoms with Gasteiger partial charge in [-0.15, -0.1) is 0 Å². The average Bonchev–Trinajstić information content (AvgIpc) is 3.14. The molecule has 1 aromatic rings.